The van der Waals surface area contributed by atoms with Gasteiger partial charge in [0.15, 0.2) is 0 Å². The fourth-order valence-corrected chi connectivity index (χ4v) is 10.2. The molecule has 3 aromatic carbocycles. The lowest BCUT2D eigenvalue weighted by atomic mass is 9.94. The normalized spacial score (nSPS) is 22.0. The minimum Gasteiger partial charge on any atom is -0.462 e. The van der Waals surface area contributed by atoms with Crippen molar-refractivity contribution in [1.29, 1.82) is 0 Å². The van der Waals surface area contributed by atoms with Crippen LogP contribution < -0.4 is 11.2 Å². The average molecular weight is 718 g/mol. The molecule has 2 heterocycles. The van der Waals surface area contributed by atoms with E-state index in [1.54, 1.807) is 12.1 Å². The quantitative estimate of drug-likeness (QED) is 0.0816. The zero-order valence-corrected chi connectivity index (χ0v) is 30.3. The lowest BCUT2D eigenvalue weighted by Gasteiger charge is -2.34. The van der Waals surface area contributed by atoms with Gasteiger partial charge in [-0.25, -0.2) is 16.8 Å². The van der Waals surface area contributed by atoms with Crippen molar-refractivity contribution in [3.8, 4) is 0 Å². The smallest absolute Gasteiger partial charge is 0.323 e. The Kier molecular flexibility index (Phi) is 11.3. The third kappa shape index (κ3) is 7.76. The number of nitrogens with zero attached hydrogens (tertiary/aromatic N) is 3. The monoisotopic (exact) mass is 717 g/mol. The second kappa shape index (κ2) is 15.0. The second-order valence-electron chi connectivity index (χ2n) is 14.0. The van der Waals surface area contributed by atoms with Crippen LogP contribution >= 0.6 is 0 Å². The van der Waals surface area contributed by atoms with Gasteiger partial charge in [-0.3, -0.25) is 15.1 Å². The van der Waals surface area contributed by atoms with Crippen LogP contribution in [0.25, 0.3) is 21.5 Å². The number of esters is 1. The molecule has 15 heteroatoms. The number of nitrogens with one attached hydrogen (secondary N) is 1. The van der Waals surface area contributed by atoms with Gasteiger partial charge in [-0.1, -0.05) is 46.8 Å². The van der Waals surface area contributed by atoms with Crippen molar-refractivity contribution < 1.29 is 31.2 Å². The molecule has 268 valence electrons. The number of nitroso groups, excluding NO2 is 1. The Balaban J connectivity index is 1.58. The molecule has 13 nitrogen and oxygen atoms in total. The number of fused-ring (bicyclic) bond motifs is 2. The topological polar surface area (TPSA) is 178 Å². The highest BCUT2D eigenvalue weighted by atomic mass is 32.2. The van der Waals surface area contributed by atoms with Crippen LogP contribution in [-0.4, -0.2) is 76.8 Å². The SMILES string of the molecule is CC(C)C(N)C(=O)OCCONc1c2ccc(S(=O)(=O)N3CCC[C@@H](C)C3)cc2c(N=O)c2cc(S(=O)(=O)N3C[C@H](C)C[C@H](C)C3)ccc12. The number of hydrogen-bond donors (Lipinski definition) is 2. The van der Waals surface area contributed by atoms with Crippen LogP contribution in [0.2, 0.25) is 0 Å². The summed E-state index contributed by atoms with van der Waals surface area (Å²) >= 11 is 0. The van der Waals surface area contributed by atoms with E-state index in [-0.39, 0.29) is 63.1 Å². The number of sulfonamides is 2. The average Bonchev–Trinajstić information content (AvgIpc) is 3.06. The van der Waals surface area contributed by atoms with Crippen molar-refractivity contribution in [2.45, 2.75) is 69.7 Å². The van der Waals surface area contributed by atoms with Crippen LogP contribution in [0.1, 0.15) is 53.9 Å². The Hall–Kier alpha value is -3.21. The van der Waals surface area contributed by atoms with Gasteiger partial charge < -0.3 is 10.5 Å². The molecule has 2 saturated heterocycles. The first-order valence-electron chi connectivity index (χ1n) is 16.8. The molecule has 2 aliphatic heterocycles. The number of carbonyl (C=O) groups is 1. The molecule has 2 fully saturated rings. The van der Waals surface area contributed by atoms with E-state index in [4.69, 9.17) is 15.3 Å². The standard InChI is InChI=1S/C34H47N5O8S2/c1-21(2)31(35)34(40)46-13-14-47-37-33-27-10-8-25(48(42,43)38-12-6-7-22(3)18-38)16-29(27)32(36-41)30-17-26(9-11-28(30)33)49(44,45)39-19-23(4)15-24(5)20-39/h8-11,16-17,21-24,31,37H,6-7,12-15,18-20,35H2,1-5H3/t22-,23-,24+,31?/m1/s1. The summed E-state index contributed by atoms with van der Waals surface area (Å²) in [5, 5.41) is 4.62. The van der Waals surface area contributed by atoms with Crippen LogP contribution in [0.3, 0.4) is 0 Å². The maximum Gasteiger partial charge on any atom is 0.323 e. The Morgan fingerprint density at radius 3 is 1.96 bits per heavy atom. The number of piperidine rings is 2. The summed E-state index contributed by atoms with van der Waals surface area (Å²) in [4.78, 5) is 30.5. The van der Waals surface area contributed by atoms with Crippen molar-refractivity contribution in [3.63, 3.8) is 0 Å². The van der Waals surface area contributed by atoms with E-state index in [1.165, 1.54) is 32.9 Å². The number of benzene rings is 3. The molecule has 0 aromatic heterocycles. The molecule has 1 unspecified atom stereocenters. The van der Waals surface area contributed by atoms with Crippen LogP contribution in [0.4, 0.5) is 11.4 Å². The van der Waals surface area contributed by atoms with E-state index in [0.29, 0.717) is 42.6 Å². The predicted molar refractivity (Wildman–Crippen MR) is 189 cm³/mol. The van der Waals surface area contributed by atoms with Crippen LogP contribution in [0.15, 0.2) is 51.4 Å². The third-order valence-corrected chi connectivity index (χ3v) is 13.1. The number of hydrogen-bond acceptors (Lipinski definition) is 11. The fourth-order valence-electron chi connectivity index (χ4n) is 6.83. The molecule has 0 amide bonds. The Morgan fingerprint density at radius 2 is 1.43 bits per heavy atom. The molecular weight excluding hydrogens is 671 g/mol. The van der Waals surface area contributed by atoms with Crippen LogP contribution in [0.5, 0.6) is 0 Å². The Morgan fingerprint density at radius 1 is 0.878 bits per heavy atom. The van der Waals surface area contributed by atoms with Gasteiger partial charge in [-0.2, -0.15) is 8.61 Å². The predicted octanol–water partition coefficient (Wildman–Crippen LogP) is 5.35. The van der Waals surface area contributed by atoms with Crippen molar-refractivity contribution in [2.24, 2.45) is 34.6 Å². The first kappa shape index (κ1) is 37.1. The molecule has 0 aliphatic carbocycles. The first-order chi connectivity index (χ1) is 23.1. The van der Waals surface area contributed by atoms with Gasteiger partial charge >= 0.3 is 5.97 Å². The molecular formula is C34H47N5O8S2. The Labute approximate surface area is 288 Å². The minimum atomic E-state index is -3.93. The van der Waals surface area contributed by atoms with E-state index < -0.39 is 32.1 Å². The first-order valence-corrected chi connectivity index (χ1v) is 19.7. The third-order valence-electron chi connectivity index (χ3n) is 9.45. The highest BCUT2D eigenvalue weighted by Crippen LogP contribution is 2.44. The molecule has 4 atom stereocenters. The fraction of sp³-hybridized carbons (Fsp3) is 0.559. The highest BCUT2D eigenvalue weighted by molar-refractivity contribution is 7.89. The number of carbonyl (C=O) groups excluding carboxylic acids is 1. The zero-order valence-electron chi connectivity index (χ0n) is 28.7. The van der Waals surface area contributed by atoms with Gasteiger partial charge in [0.2, 0.25) is 20.0 Å². The van der Waals surface area contributed by atoms with Crippen LogP contribution in [-0.2, 0) is 34.4 Å². The Bertz CT molecular complexity index is 1930. The molecule has 49 heavy (non-hydrogen) atoms. The number of anilines is 1. The highest BCUT2D eigenvalue weighted by Gasteiger charge is 2.33. The number of nitrogens with two attached hydrogens (primary N) is 1. The lowest BCUT2D eigenvalue weighted by Crippen LogP contribution is -2.42. The maximum absolute atomic E-state index is 13.9. The summed E-state index contributed by atoms with van der Waals surface area (Å²) < 4.78 is 63.5. The second-order valence-corrected chi connectivity index (χ2v) is 17.9. The van der Waals surface area contributed by atoms with Crippen molar-refractivity contribution in [2.75, 3.05) is 44.9 Å². The summed E-state index contributed by atoms with van der Waals surface area (Å²) in [5.74, 6) is -0.0752. The molecule has 3 N–H and O–H groups in total. The lowest BCUT2D eigenvalue weighted by molar-refractivity contribution is -0.147. The summed E-state index contributed by atoms with van der Waals surface area (Å²) in [6.45, 7) is 11.1. The van der Waals surface area contributed by atoms with E-state index in [2.05, 4.69) is 10.7 Å². The molecule has 3 aromatic rings. The molecule has 0 bridgehead atoms. The van der Waals surface area contributed by atoms with Gasteiger partial charge in [0.25, 0.3) is 0 Å². The summed E-state index contributed by atoms with van der Waals surface area (Å²) in [5.41, 5.74) is 9.02. The van der Waals surface area contributed by atoms with Crippen molar-refractivity contribution in [3.05, 3.63) is 41.3 Å². The van der Waals surface area contributed by atoms with E-state index in [0.717, 1.165) is 19.3 Å². The summed E-state index contributed by atoms with van der Waals surface area (Å²) in [7, 11) is -7.83. The van der Waals surface area contributed by atoms with E-state index >= 15 is 0 Å². The van der Waals surface area contributed by atoms with E-state index in [9.17, 15) is 26.5 Å². The van der Waals surface area contributed by atoms with Gasteiger partial charge in [0, 0.05) is 47.7 Å². The van der Waals surface area contributed by atoms with Crippen molar-refractivity contribution >= 4 is 58.9 Å². The van der Waals surface area contributed by atoms with Gasteiger partial charge in [-0.05, 0) is 72.4 Å². The minimum absolute atomic E-state index is 0.00121. The van der Waals surface area contributed by atoms with Gasteiger partial charge in [0.05, 0.1) is 15.5 Å². The van der Waals surface area contributed by atoms with Crippen molar-refractivity contribution in [1.82, 2.24) is 8.61 Å². The summed E-state index contributed by atoms with van der Waals surface area (Å²) in [6, 6.07) is 8.19. The molecule has 0 saturated carbocycles. The number of rotatable bonds is 12. The number of ether oxygens (including phenoxy) is 1. The van der Waals surface area contributed by atoms with Crippen LogP contribution in [0, 0.1) is 28.6 Å². The molecule has 5 rings (SSSR count). The zero-order chi connectivity index (χ0) is 35.7. The summed E-state index contributed by atoms with van der Waals surface area (Å²) in [6.07, 6.45) is 2.61. The molecule has 0 radical (unpaired) electrons. The van der Waals surface area contributed by atoms with Gasteiger partial charge in [0.1, 0.15) is 24.9 Å². The maximum atomic E-state index is 13.9. The molecule has 0 spiro atoms. The van der Waals surface area contributed by atoms with E-state index in [1.807, 2.05) is 34.6 Å². The van der Waals surface area contributed by atoms with Gasteiger partial charge in [-0.15, -0.1) is 4.91 Å². The molecule has 2 aliphatic rings. The largest absolute Gasteiger partial charge is 0.462 e.